The van der Waals surface area contributed by atoms with Crippen molar-refractivity contribution in [3.8, 4) is 0 Å². The molecule has 0 nitrogen and oxygen atoms in total. The molecular formula is C14H10Br2. The number of hydrogen-bond acceptors (Lipinski definition) is 0. The van der Waals surface area contributed by atoms with Crippen molar-refractivity contribution in [3.05, 3.63) is 69.4 Å². The second-order valence-corrected chi connectivity index (χ2v) is 4.38. The van der Waals surface area contributed by atoms with Crippen LogP contribution in [-0.2, 0) is 0 Å². The van der Waals surface area contributed by atoms with Crippen LogP contribution in [0.2, 0.25) is 0 Å². The summed E-state index contributed by atoms with van der Waals surface area (Å²) in [7, 11) is 0. The van der Waals surface area contributed by atoms with Gasteiger partial charge in [0.15, 0.2) is 0 Å². The number of hydrogen-bond donors (Lipinski definition) is 0. The van der Waals surface area contributed by atoms with E-state index in [1.807, 2.05) is 9.97 Å². The molecule has 2 heteroatoms. The lowest BCUT2D eigenvalue weighted by Gasteiger charge is -1.89. The Bertz CT molecular complexity index is 579. The van der Waals surface area contributed by atoms with E-state index < -0.39 is 0 Å². The minimum atomic E-state index is 1.18. The highest BCUT2D eigenvalue weighted by Crippen LogP contribution is 1.94. The Morgan fingerprint density at radius 1 is 0.562 bits per heavy atom. The Morgan fingerprint density at radius 3 is 1.12 bits per heavy atom. The van der Waals surface area contributed by atoms with E-state index in [0.717, 1.165) is 0 Å². The Balaban J connectivity index is 2.70. The first-order chi connectivity index (χ1) is 7.83. The molecule has 2 rings (SSSR count). The first kappa shape index (κ1) is 11.6. The standard InChI is InChI=1S/C14H10Br2/c15-9-11-1-5-13(6-2-11)14-7-3-12(10-16)4-8-14/h1-10H. The van der Waals surface area contributed by atoms with Gasteiger partial charge in [0.25, 0.3) is 0 Å². The fourth-order valence-electron chi connectivity index (χ4n) is 1.50. The van der Waals surface area contributed by atoms with Crippen LogP contribution in [-0.4, -0.2) is 0 Å². The highest BCUT2D eigenvalue weighted by atomic mass is 79.9. The Kier molecular flexibility index (Phi) is 3.97. The lowest BCUT2D eigenvalue weighted by molar-refractivity contribution is 1.46. The molecule has 0 radical (unpaired) electrons. The molecule has 16 heavy (non-hydrogen) atoms. The van der Waals surface area contributed by atoms with E-state index in [1.165, 1.54) is 20.9 Å². The third kappa shape index (κ3) is 2.63. The summed E-state index contributed by atoms with van der Waals surface area (Å²) in [5.74, 6) is 0. The van der Waals surface area contributed by atoms with Crippen molar-refractivity contribution in [1.29, 1.82) is 0 Å². The summed E-state index contributed by atoms with van der Waals surface area (Å²) in [5, 5.41) is 4.82. The van der Waals surface area contributed by atoms with Crippen LogP contribution in [0.5, 0.6) is 0 Å². The molecule has 0 bridgehead atoms. The maximum Gasteiger partial charge on any atom is -0.0116 e. The minimum absolute atomic E-state index is 1.18. The summed E-state index contributed by atoms with van der Waals surface area (Å²) in [6, 6.07) is 16.9. The second-order valence-electron chi connectivity index (χ2n) is 3.46. The van der Waals surface area contributed by atoms with Crippen molar-refractivity contribution in [3.63, 3.8) is 0 Å². The van der Waals surface area contributed by atoms with Crippen LogP contribution < -0.4 is 10.4 Å². The average molecular weight is 338 g/mol. The molecule has 2 aromatic carbocycles. The minimum Gasteiger partial charge on any atom is -0.0588 e. The molecular weight excluding hydrogens is 328 g/mol. The van der Waals surface area contributed by atoms with Crippen LogP contribution in [0.3, 0.4) is 0 Å². The number of halogens is 2. The highest BCUT2D eigenvalue weighted by Gasteiger charge is 1.83. The third-order valence-corrected chi connectivity index (χ3v) is 3.46. The van der Waals surface area contributed by atoms with Gasteiger partial charge in [-0.1, -0.05) is 80.4 Å². The van der Waals surface area contributed by atoms with Gasteiger partial charge < -0.3 is 0 Å². The quantitative estimate of drug-likeness (QED) is 0.692. The lowest BCUT2D eigenvalue weighted by Crippen LogP contribution is -1.96. The fourth-order valence-corrected chi connectivity index (χ4v) is 2.11. The van der Waals surface area contributed by atoms with Gasteiger partial charge in [-0.2, -0.15) is 0 Å². The maximum atomic E-state index is 3.32. The maximum absolute atomic E-state index is 3.32. The van der Waals surface area contributed by atoms with Gasteiger partial charge in [0.2, 0.25) is 0 Å². The highest BCUT2D eigenvalue weighted by molar-refractivity contribution is 9.14. The van der Waals surface area contributed by atoms with Crippen LogP contribution in [0.15, 0.2) is 48.5 Å². The van der Waals surface area contributed by atoms with Gasteiger partial charge in [-0.25, -0.2) is 0 Å². The molecule has 0 aromatic heterocycles. The van der Waals surface area contributed by atoms with E-state index in [1.54, 1.807) is 0 Å². The van der Waals surface area contributed by atoms with E-state index in [4.69, 9.17) is 0 Å². The number of benzene rings is 2. The Morgan fingerprint density at radius 2 is 0.875 bits per heavy atom. The SMILES string of the molecule is BrC=c1ccc(=c2ccc(=CBr)cc2)cc1. The zero-order chi connectivity index (χ0) is 11.4. The smallest absolute Gasteiger partial charge is 0.0116 e. The summed E-state index contributed by atoms with van der Waals surface area (Å²) < 4.78 is 0. The molecule has 0 saturated carbocycles. The molecule has 0 aliphatic carbocycles. The number of rotatable bonds is 0. The largest absolute Gasteiger partial charge is 0.0588 e. The summed E-state index contributed by atoms with van der Waals surface area (Å²) in [5.41, 5.74) is 0. The summed E-state index contributed by atoms with van der Waals surface area (Å²) >= 11 is 6.65. The average Bonchev–Trinajstić information content (AvgIpc) is 2.39. The molecule has 80 valence electrons. The molecule has 0 fully saturated rings. The van der Waals surface area contributed by atoms with Crippen LogP contribution in [0, 0.1) is 10.4 Å². The molecule has 0 amide bonds. The monoisotopic (exact) mass is 336 g/mol. The van der Waals surface area contributed by atoms with E-state index in [9.17, 15) is 0 Å². The zero-order valence-corrected chi connectivity index (χ0v) is 11.7. The van der Waals surface area contributed by atoms with Crippen LogP contribution >= 0.6 is 31.9 Å². The molecule has 2 aromatic rings. The van der Waals surface area contributed by atoms with Crippen LogP contribution in [0.4, 0.5) is 0 Å². The van der Waals surface area contributed by atoms with E-state index in [0.29, 0.717) is 0 Å². The Labute approximate surface area is 111 Å². The van der Waals surface area contributed by atoms with Gasteiger partial charge in [0.05, 0.1) is 0 Å². The first-order valence-corrected chi connectivity index (χ1v) is 6.74. The van der Waals surface area contributed by atoms with Crippen molar-refractivity contribution in [2.24, 2.45) is 0 Å². The van der Waals surface area contributed by atoms with Gasteiger partial charge in [-0.05, 0) is 30.8 Å². The van der Waals surface area contributed by atoms with Gasteiger partial charge in [-0.15, -0.1) is 0 Å². The summed E-state index contributed by atoms with van der Waals surface area (Å²) in [4.78, 5) is 3.83. The van der Waals surface area contributed by atoms with Crippen molar-refractivity contribution < 1.29 is 0 Å². The predicted octanol–water partition coefficient (Wildman–Crippen LogP) is 3.24. The van der Waals surface area contributed by atoms with Crippen LogP contribution in [0.25, 0.3) is 9.97 Å². The molecule has 0 aliphatic rings. The molecule has 0 spiro atoms. The van der Waals surface area contributed by atoms with Gasteiger partial charge in [0.1, 0.15) is 0 Å². The molecule has 0 heterocycles. The van der Waals surface area contributed by atoms with Crippen molar-refractivity contribution in [2.45, 2.75) is 0 Å². The zero-order valence-electron chi connectivity index (χ0n) is 8.53. The Hall–Kier alpha value is -0.860. The van der Waals surface area contributed by atoms with Gasteiger partial charge in [-0.3, -0.25) is 0 Å². The molecule has 0 aliphatic heterocycles. The molecule has 0 unspecified atom stereocenters. The molecule has 0 saturated heterocycles. The second kappa shape index (κ2) is 5.46. The van der Waals surface area contributed by atoms with Crippen molar-refractivity contribution >= 4 is 41.8 Å². The van der Waals surface area contributed by atoms with Gasteiger partial charge >= 0.3 is 0 Å². The summed E-state index contributed by atoms with van der Waals surface area (Å²) in [6.45, 7) is 0. The van der Waals surface area contributed by atoms with E-state index in [-0.39, 0.29) is 0 Å². The lowest BCUT2D eigenvalue weighted by atomic mass is 10.2. The van der Waals surface area contributed by atoms with E-state index in [2.05, 4.69) is 80.4 Å². The van der Waals surface area contributed by atoms with Crippen LogP contribution in [0.1, 0.15) is 0 Å². The summed E-state index contributed by atoms with van der Waals surface area (Å²) in [6.07, 6.45) is 0. The fraction of sp³-hybridized carbons (Fsp3) is 0. The van der Waals surface area contributed by atoms with Gasteiger partial charge in [0, 0.05) is 0 Å². The van der Waals surface area contributed by atoms with E-state index >= 15 is 0 Å². The first-order valence-electron chi connectivity index (χ1n) is 4.91. The third-order valence-electron chi connectivity index (χ3n) is 2.41. The van der Waals surface area contributed by atoms with Crippen molar-refractivity contribution in [2.75, 3.05) is 0 Å². The molecule has 0 atom stereocenters. The topological polar surface area (TPSA) is 0 Å². The molecule has 0 N–H and O–H groups in total. The predicted molar refractivity (Wildman–Crippen MR) is 76.6 cm³/mol. The van der Waals surface area contributed by atoms with Crippen molar-refractivity contribution in [1.82, 2.24) is 0 Å². The normalized spacial score (nSPS) is 9.88.